The zero-order valence-corrected chi connectivity index (χ0v) is 11.1. The van der Waals surface area contributed by atoms with Gasteiger partial charge < -0.3 is 10.5 Å². The molecule has 1 aromatic carbocycles. The van der Waals surface area contributed by atoms with E-state index in [4.69, 9.17) is 15.7 Å². The van der Waals surface area contributed by atoms with Crippen molar-refractivity contribution < 1.29 is 4.74 Å². The number of nitrogen functional groups attached to an aromatic ring is 1. The molecule has 0 saturated carbocycles. The lowest BCUT2D eigenvalue weighted by Crippen LogP contribution is -1.91. The number of aromatic nitrogens is 2. The first-order chi connectivity index (χ1) is 8.17. The fourth-order valence-corrected chi connectivity index (χ4v) is 2.02. The van der Waals surface area contributed by atoms with E-state index in [9.17, 15) is 0 Å². The lowest BCUT2D eigenvalue weighted by atomic mass is 10.1. The molecule has 0 fully saturated rings. The van der Waals surface area contributed by atoms with E-state index < -0.39 is 0 Å². The predicted molar refractivity (Wildman–Crippen MR) is 72.4 cm³/mol. The Morgan fingerprint density at radius 3 is 2.82 bits per heavy atom. The fraction of sp³-hybridized carbons (Fsp3) is 0.0909. The van der Waals surface area contributed by atoms with Crippen LogP contribution in [-0.4, -0.2) is 17.3 Å². The molecule has 0 aliphatic heterocycles. The second kappa shape index (κ2) is 4.63. The standard InChI is InChI=1S/C11H9IN4O/c1-17-8-4-6(5-13)2-3-7(8)10-9(12)11(14)16-15-10/h2-4H,1H3,(H3,14,15,16). The number of nitrogens with two attached hydrogens (primary N) is 1. The Morgan fingerprint density at radius 2 is 2.29 bits per heavy atom. The number of nitrogens with one attached hydrogen (secondary N) is 1. The molecule has 0 spiro atoms. The van der Waals surface area contributed by atoms with Crippen LogP contribution in [0.4, 0.5) is 5.82 Å². The summed E-state index contributed by atoms with van der Waals surface area (Å²) in [5.74, 6) is 1.07. The van der Waals surface area contributed by atoms with Crippen LogP contribution in [0.2, 0.25) is 0 Å². The highest BCUT2D eigenvalue weighted by Gasteiger charge is 2.14. The normalized spacial score (nSPS) is 9.94. The van der Waals surface area contributed by atoms with Gasteiger partial charge in [0.25, 0.3) is 0 Å². The molecule has 5 nitrogen and oxygen atoms in total. The maximum absolute atomic E-state index is 8.83. The highest BCUT2D eigenvalue weighted by molar-refractivity contribution is 14.1. The van der Waals surface area contributed by atoms with Crippen LogP contribution in [0, 0.1) is 14.9 Å². The monoisotopic (exact) mass is 340 g/mol. The van der Waals surface area contributed by atoms with Crippen molar-refractivity contribution in [2.75, 3.05) is 12.8 Å². The van der Waals surface area contributed by atoms with Crippen LogP contribution in [0.1, 0.15) is 5.56 Å². The lowest BCUT2D eigenvalue weighted by molar-refractivity contribution is 0.416. The number of hydrogen-bond donors (Lipinski definition) is 2. The van der Waals surface area contributed by atoms with E-state index in [1.807, 2.05) is 6.07 Å². The predicted octanol–water partition coefficient (Wildman–Crippen LogP) is 2.14. The summed E-state index contributed by atoms with van der Waals surface area (Å²) in [4.78, 5) is 0. The van der Waals surface area contributed by atoms with Crippen LogP contribution >= 0.6 is 22.6 Å². The maximum atomic E-state index is 8.83. The molecular weight excluding hydrogens is 331 g/mol. The number of rotatable bonds is 2. The average Bonchev–Trinajstić information content (AvgIpc) is 2.69. The van der Waals surface area contributed by atoms with Crippen molar-refractivity contribution in [2.45, 2.75) is 0 Å². The molecule has 0 aliphatic carbocycles. The largest absolute Gasteiger partial charge is 0.496 e. The second-order valence-corrected chi connectivity index (χ2v) is 4.40. The Morgan fingerprint density at radius 1 is 1.53 bits per heavy atom. The van der Waals surface area contributed by atoms with Crippen LogP contribution in [0.25, 0.3) is 11.3 Å². The van der Waals surface area contributed by atoms with Crippen molar-refractivity contribution in [3.8, 4) is 23.1 Å². The van der Waals surface area contributed by atoms with E-state index in [1.165, 1.54) is 0 Å². The zero-order chi connectivity index (χ0) is 12.4. The third kappa shape index (κ3) is 2.06. The maximum Gasteiger partial charge on any atom is 0.159 e. The number of benzene rings is 1. The SMILES string of the molecule is COc1cc(C#N)ccc1-c1[nH]nc(N)c1I. The molecule has 0 amide bonds. The zero-order valence-electron chi connectivity index (χ0n) is 8.99. The number of aromatic amines is 1. The van der Waals surface area contributed by atoms with Gasteiger partial charge in [0.2, 0.25) is 0 Å². The molecule has 1 heterocycles. The van der Waals surface area contributed by atoms with Gasteiger partial charge in [-0.05, 0) is 40.8 Å². The molecule has 0 radical (unpaired) electrons. The number of anilines is 1. The van der Waals surface area contributed by atoms with Crippen molar-refractivity contribution >= 4 is 28.4 Å². The van der Waals surface area contributed by atoms with E-state index in [-0.39, 0.29) is 0 Å². The Hall–Kier alpha value is -1.75. The smallest absolute Gasteiger partial charge is 0.159 e. The molecule has 0 aliphatic rings. The number of ether oxygens (including phenoxy) is 1. The molecule has 3 N–H and O–H groups in total. The first-order valence-electron chi connectivity index (χ1n) is 4.75. The van der Waals surface area contributed by atoms with Gasteiger partial charge in [0, 0.05) is 5.56 Å². The molecule has 0 unspecified atom stereocenters. The van der Waals surface area contributed by atoms with Gasteiger partial charge in [-0.25, -0.2) is 0 Å². The van der Waals surface area contributed by atoms with Crippen LogP contribution < -0.4 is 10.5 Å². The Kier molecular flexibility index (Phi) is 3.19. The van der Waals surface area contributed by atoms with Gasteiger partial charge in [-0.2, -0.15) is 10.4 Å². The molecule has 17 heavy (non-hydrogen) atoms. The van der Waals surface area contributed by atoms with Gasteiger partial charge in [0.05, 0.1) is 28.0 Å². The van der Waals surface area contributed by atoms with E-state index in [2.05, 4.69) is 38.9 Å². The molecule has 6 heteroatoms. The number of nitriles is 1. The molecule has 86 valence electrons. The van der Waals surface area contributed by atoms with E-state index in [0.29, 0.717) is 17.1 Å². The summed E-state index contributed by atoms with van der Waals surface area (Å²) in [5.41, 5.74) is 7.86. The molecule has 2 aromatic rings. The number of hydrogen-bond acceptors (Lipinski definition) is 4. The molecule has 0 atom stereocenters. The van der Waals surface area contributed by atoms with Crippen molar-refractivity contribution in [3.63, 3.8) is 0 Å². The van der Waals surface area contributed by atoms with Gasteiger partial charge in [-0.3, -0.25) is 5.10 Å². The van der Waals surface area contributed by atoms with Crippen LogP contribution in [-0.2, 0) is 0 Å². The van der Waals surface area contributed by atoms with Gasteiger partial charge in [-0.1, -0.05) is 0 Å². The molecule has 1 aromatic heterocycles. The first kappa shape index (κ1) is 11.7. The number of nitrogens with zero attached hydrogens (tertiary/aromatic N) is 2. The minimum Gasteiger partial charge on any atom is -0.496 e. The Balaban J connectivity index is 2.60. The minimum absolute atomic E-state index is 0.451. The van der Waals surface area contributed by atoms with Crippen molar-refractivity contribution in [3.05, 3.63) is 27.3 Å². The summed E-state index contributed by atoms with van der Waals surface area (Å²) in [6.07, 6.45) is 0. The molecular formula is C11H9IN4O. The quantitative estimate of drug-likeness (QED) is 0.820. The highest BCUT2D eigenvalue weighted by Crippen LogP contribution is 2.34. The number of methoxy groups -OCH3 is 1. The fourth-order valence-electron chi connectivity index (χ4n) is 1.49. The van der Waals surface area contributed by atoms with Crippen LogP contribution in [0.15, 0.2) is 18.2 Å². The second-order valence-electron chi connectivity index (χ2n) is 3.32. The Bertz CT molecular complexity index is 600. The third-order valence-electron chi connectivity index (χ3n) is 2.33. The summed E-state index contributed by atoms with van der Waals surface area (Å²) in [6.45, 7) is 0. The number of H-pyrrole nitrogens is 1. The summed E-state index contributed by atoms with van der Waals surface area (Å²) < 4.78 is 6.10. The first-order valence-corrected chi connectivity index (χ1v) is 5.83. The van der Waals surface area contributed by atoms with Gasteiger partial charge in [0.15, 0.2) is 5.82 Å². The molecule has 0 bridgehead atoms. The lowest BCUT2D eigenvalue weighted by Gasteiger charge is -2.07. The summed E-state index contributed by atoms with van der Waals surface area (Å²) in [7, 11) is 1.56. The Labute approximate surface area is 112 Å². The van der Waals surface area contributed by atoms with E-state index >= 15 is 0 Å². The van der Waals surface area contributed by atoms with Gasteiger partial charge >= 0.3 is 0 Å². The molecule has 2 rings (SSSR count). The minimum atomic E-state index is 0.451. The van der Waals surface area contributed by atoms with E-state index in [1.54, 1.807) is 19.2 Å². The van der Waals surface area contributed by atoms with Crippen molar-refractivity contribution in [1.82, 2.24) is 10.2 Å². The summed E-state index contributed by atoms with van der Waals surface area (Å²) in [6, 6.07) is 7.29. The van der Waals surface area contributed by atoms with Crippen molar-refractivity contribution in [2.24, 2.45) is 0 Å². The molecule has 0 saturated heterocycles. The van der Waals surface area contributed by atoms with Crippen LogP contribution in [0.5, 0.6) is 5.75 Å². The topological polar surface area (TPSA) is 87.7 Å². The summed E-state index contributed by atoms with van der Waals surface area (Å²) in [5, 5.41) is 15.6. The summed E-state index contributed by atoms with van der Waals surface area (Å²) >= 11 is 2.12. The van der Waals surface area contributed by atoms with Gasteiger partial charge in [-0.15, -0.1) is 0 Å². The van der Waals surface area contributed by atoms with Gasteiger partial charge in [0.1, 0.15) is 5.75 Å². The van der Waals surface area contributed by atoms with E-state index in [0.717, 1.165) is 14.8 Å². The highest BCUT2D eigenvalue weighted by atomic mass is 127. The van der Waals surface area contributed by atoms with Crippen molar-refractivity contribution in [1.29, 1.82) is 5.26 Å². The number of halogens is 1. The van der Waals surface area contributed by atoms with Crippen LogP contribution in [0.3, 0.4) is 0 Å². The third-order valence-corrected chi connectivity index (χ3v) is 3.42. The average molecular weight is 340 g/mol.